The van der Waals surface area contributed by atoms with E-state index in [1.807, 2.05) is 0 Å². The van der Waals surface area contributed by atoms with E-state index >= 15 is 0 Å². The van der Waals surface area contributed by atoms with Crippen LogP contribution in [-0.2, 0) is 0 Å². The molecule has 3 nitrogen and oxygen atoms in total. The lowest BCUT2D eigenvalue weighted by molar-refractivity contribution is 0.198. The van der Waals surface area contributed by atoms with Gasteiger partial charge < -0.3 is 9.84 Å². The standard InChI is InChI=1S/C14H14FNO2/c1-9-4-3-5-12(14(9)15)18-13-7-6-11(8-16-13)10(2)17/h3-8,10,17H,1-2H3/t10-/m1/s1. The van der Waals surface area contributed by atoms with Crippen molar-refractivity contribution in [1.82, 2.24) is 4.98 Å². The molecule has 0 radical (unpaired) electrons. The van der Waals surface area contributed by atoms with Gasteiger partial charge in [-0.25, -0.2) is 9.37 Å². The number of pyridine rings is 1. The molecule has 0 spiro atoms. The topological polar surface area (TPSA) is 42.4 Å². The molecule has 94 valence electrons. The molecule has 0 aliphatic heterocycles. The monoisotopic (exact) mass is 247 g/mol. The molecule has 1 atom stereocenters. The van der Waals surface area contributed by atoms with Gasteiger partial charge in [0.05, 0.1) is 6.10 Å². The van der Waals surface area contributed by atoms with E-state index in [0.29, 0.717) is 17.0 Å². The number of benzene rings is 1. The lowest BCUT2D eigenvalue weighted by Gasteiger charge is -2.08. The Kier molecular flexibility index (Phi) is 3.58. The highest BCUT2D eigenvalue weighted by molar-refractivity contribution is 5.33. The van der Waals surface area contributed by atoms with Gasteiger partial charge in [-0.1, -0.05) is 12.1 Å². The molecule has 0 aliphatic rings. The van der Waals surface area contributed by atoms with Crippen molar-refractivity contribution in [2.75, 3.05) is 0 Å². The summed E-state index contributed by atoms with van der Waals surface area (Å²) >= 11 is 0. The third kappa shape index (κ3) is 2.65. The van der Waals surface area contributed by atoms with Crippen molar-refractivity contribution in [3.05, 3.63) is 53.5 Å². The van der Waals surface area contributed by atoms with Crippen molar-refractivity contribution in [1.29, 1.82) is 0 Å². The number of hydrogen-bond acceptors (Lipinski definition) is 3. The van der Waals surface area contributed by atoms with Crippen molar-refractivity contribution in [3.63, 3.8) is 0 Å². The predicted molar refractivity (Wildman–Crippen MR) is 66.1 cm³/mol. The van der Waals surface area contributed by atoms with Gasteiger partial charge in [-0.15, -0.1) is 0 Å². The van der Waals surface area contributed by atoms with E-state index in [0.717, 1.165) is 0 Å². The van der Waals surface area contributed by atoms with Gasteiger partial charge >= 0.3 is 0 Å². The molecule has 1 N–H and O–H groups in total. The van der Waals surface area contributed by atoms with Gasteiger partial charge in [0.25, 0.3) is 0 Å². The first-order valence-electron chi connectivity index (χ1n) is 5.65. The van der Waals surface area contributed by atoms with Crippen molar-refractivity contribution in [2.45, 2.75) is 20.0 Å². The Hall–Kier alpha value is -1.94. The van der Waals surface area contributed by atoms with E-state index in [-0.39, 0.29) is 11.6 Å². The van der Waals surface area contributed by atoms with E-state index in [2.05, 4.69) is 4.98 Å². The number of ether oxygens (including phenoxy) is 1. The Balaban J connectivity index is 2.21. The zero-order valence-corrected chi connectivity index (χ0v) is 10.2. The molecule has 0 saturated heterocycles. The van der Waals surface area contributed by atoms with E-state index < -0.39 is 6.10 Å². The summed E-state index contributed by atoms with van der Waals surface area (Å²) in [6.07, 6.45) is 0.926. The average Bonchev–Trinajstić information content (AvgIpc) is 2.36. The van der Waals surface area contributed by atoms with Crippen LogP contribution in [-0.4, -0.2) is 10.1 Å². The summed E-state index contributed by atoms with van der Waals surface area (Å²) in [6.45, 7) is 3.32. The Labute approximate surface area is 105 Å². The van der Waals surface area contributed by atoms with Crippen LogP contribution in [0.5, 0.6) is 11.6 Å². The smallest absolute Gasteiger partial charge is 0.219 e. The van der Waals surface area contributed by atoms with Crippen LogP contribution in [0.3, 0.4) is 0 Å². The number of aromatic nitrogens is 1. The molecule has 0 bridgehead atoms. The lowest BCUT2D eigenvalue weighted by atomic mass is 10.2. The second-order valence-electron chi connectivity index (χ2n) is 4.09. The zero-order valence-electron chi connectivity index (χ0n) is 10.2. The fourth-order valence-electron chi connectivity index (χ4n) is 1.51. The molecule has 0 saturated carbocycles. The van der Waals surface area contributed by atoms with Crippen LogP contribution in [0.4, 0.5) is 4.39 Å². The maximum Gasteiger partial charge on any atom is 0.219 e. The minimum absolute atomic E-state index is 0.146. The third-order valence-electron chi connectivity index (χ3n) is 2.61. The molecule has 1 aromatic carbocycles. The first-order valence-corrected chi connectivity index (χ1v) is 5.65. The predicted octanol–water partition coefficient (Wildman–Crippen LogP) is 3.37. The molecule has 1 heterocycles. The summed E-state index contributed by atoms with van der Waals surface area (Å²) < 4.78 is 19.1. The zero-order chi connectivity index (χ0) is 13.1. The summed E-state index contributed by atoms with van der Waals surface area (Å²) in [6, 6.07) is 8.24. The van der Waals surface area contributed by atoms with Crippen LogP contribution >= 0.6 is 0 Å². The lowest BCUT2D eigenvalue weighted by Crippen LogP contribution is -1.95. The second kappa shape index (κ2) is 5.14. The number of rotatable bonds is 3. The van der Waals surface area contributed by atoms with Crippen molar-refractivity contribution in [3.8, 4) is 11.6 Å². The third-order valence-corrected chi connectivity index (χ3v) is 2.61. The van der Waals surface area contributed by atoms with Gasteiger partial charge in [0, 0.05) is 12.3 Å². The van der Waals surface area contributed by atoms with Gasteiger partial charge in [0.1, 0.15) is 0 Å². The number of aryl methyl sites for hydroxylation is 1. The van der Waals surface area contributed by atoms with Crippen LogP contribution in [0.15, 0.2) is 36.5 Å². The van der Waals surface area contributed by atoms with E-state index in [1.165, 1.54) is 6.20 Å². The van der Waals surface area contributed by atoms with Crippen LogP contribution in [0.2, 0.25) is 0 Å². The fourth-order valence-corrected chi connectivity index (χ4v) is 1.51. The number of aliphatic hydroxyl groups excluding tert-OH is 1. The second-order valence-corrected chi connectivity index (χ2v) is 4.09. The number of aliphatic hydroxyl groups is 1. The first kappa shape index (κ1) is 12.5. The van der Waals surface area contributed by atoms with Crippen LogP contribution in [0.1, 0.15) is 24.2 Å². The molecule has 2 aromatic rings. The van der Waals surface area contributed by atoms with Gasteiger partial charge in [0.15, 0.2) is 11.6 Å². The van der Waals surface area contributed by atoms with Crippen LogP contribution in [0, 0.1) is 12.7 Å². The molecule has 1 aromatic heterocycles. The van der Waals surface area contributed by atoms with Crippen LogP contribution < -0.4 is 4.74 Å². The Morgan fingerprint density at radius 2 is 2.06 bits per heavy atom. The summed E-state index contributed by atoms with van der Waals surface area (Å²) in [5, 5.41) is 9.34. The van der Waals surface area contributed by atoms with Crippen molar-refractivity contribution < 1.29 is 14.2 Å². The Morgan fingerprint density at radius 3 is 2.67 bits per heavy atom. The van der Waals surface area contributed by atoms with Gasteiger partial charge in [-0.05, 0) is 37.1 Å². The maximum atomic E-state index is 13.7. The molecule has 2 rings (SSSR count). The van der Waals surface area contributed by atoms with E-state index in [4.69, 9.17) is 4.74 Å². The normalized spacial score (nSPS) is 12.2. The summed E-state index contributed by atoms with van der Waals surface area (Å²) in [7, 11) is 0. The summed E-state index contributed by atoms with van der Waals surface area (Å²) in [5.41, 5.74) is 1.21. The number of hydrogen-bond donors (Lipinski definition) is 1. The molecular formula is C14H14FNO2. The quantitative estimate of drug-likeness (QED) is 0.904. The average molecular weight is 247 g/mol. The molecule has 0 amide bonds. The van der Waals surface area contributed by atoms with Gasteiger partial charge in [0.2, 0.25) is 5.88 Å². The molecule has 0 unspecified atom stereocenters. The highest BCUT2D eigenvalue weighted by Crippen LogP contribution is 2.25. The van der Waals surface area contributed by atoms with Crippen LogP contribution in [0.25, 0.3) is 0 Å². The maximum absolute atomic E-state index is 13.7. The van der Waals surface area contributed by atoms with Crippen molar-refractivity contribution in [2.24, 2.45) is 0 Å². The van der Waals surface area contributed by atoms with E-state index in [9.17, 15) is 9.50 Å². The minimum atomic E-state index is -0.581. The highest BCUT2D eigenvalue weighted by Gasteiger charge is 2.08. The largest absolute Gasteiger partial charge is 0.436 e. The summed E-state index contributed by atoms with van der Waals surface area (Å²) in [5.74, 6) is 0.0510. The molecular weight excluding hydrogens is 233 g/mol. The van der Waals surface area contributed by atoms with Gasteiger partial charge in [-0.3, -0.25) is 0 Å². The highest BCUT2D eigenvalue weighted by atomic mass is 19.1. The summed E-state index contributed by atoms with van der Waals surface area (Å²) in [4.78, 5) is 4.02. The molecule has 18 heavy (non-hydrogen) atoms. The fraction of sp³-hybridized carbons (Fsp3) is 0.214. The minimum Gasteiger partial charge on any atom is -0.436 e. The molecule has 0 fully saturated rings. The first-order chi connectivity index (χ1) is 8.58. The SMILES string of the molecule is Cc1cccc(Oc2ccc([C@@H](C)O)cn2)c1F. The van der Waals surface area contributed by atoms with Crippen molar-refractivity contribution >= 4 is 0 Å². The van der Waals surface area contributed by atoms with Gasteiger partial charge in [-0.2, -0.15) is 0 Å². The molecule has 4 heteroatoms. The number of halogens is 1. The Bertz CT molecular complexity index is 538. The Morgan fingerprint density at radius 1 is 1.28 bits per heavy atom. The number of nitrogens with zero attached hydrogens (tertiary/aromatic N) is 1. The van der Waals surface area contributed by atoms with E-state index in [1.54, 1.807) is 44.2 Å². The molecule has 0 aliphatic carbocycles.